The monoisotopic (exact) mass is 405 g/mol. The fourth-order valence-corrected chi connectivity index (χ4v) is 4.13. The third-order valence-corrected chi connectivity index (χ3v) is 5.93. The first-order valence-corrected chi connectivity index (χ1v) is 10.0. The van der Waals surface area contributed by atoms with E-state index in [0.29, 0.717) is 5.56 Å². The van der Waals surface area contributed by atoms with Crippen LogP contribution in [0.2, 0.25) is 0 Å². The van der Waals surface area contributed by atoms with Crippen molar-refractivity contribution in [3.05, 3.63) is 76.5 Å². The number of halogens is 1. The Morgan fingerprint density at radius 1 is 1.07 bits per heavy atom. The van der Waals surface area contributed by atoms with Gasteiger partial charge in [0.1, 0.15) is 5.82 Å². The second-order valence-electron chi connectivity index (χ2n) is 5.47. The fourth-order valence-electron chi connectivity index (χ4n) is 2.42. The zero-order chi connectivity index (χ0) is 19.6. The van der Waals surface area contributed by atoms with Gasteiger partial charge < -0.3 is 5.11 Å². The molecule has 0 amide bonds. The summed E-state index contributed by atoms with van der Waals surface area (Å²) in [6, 6.07) is 10.5. The summed E-state index contributed by atoms with van der Waals surface area (Å²) in [6.45, 7) is 0. The van der Waals surface area contributed by atoms with Crippen molar-refractivity contribution in [2.75, 3.05) is 5.75 Å². The predicted molar refractivity (Wildman–Crippen MR) is 99.1 cm³/mol. The van der Waals surface area contributed by atoms with Crippen LogP contribution in [-0.4, -0.2) is 36.7 Å². The third kappa shape index (κ3) is 4.15. The molecule has 2 aromatic carbocycles. The average Bonchev–Trinajstić information content (AvgIpc) is 2.63. The molecule has 0 bridgehead atoms. The minimum absolute atomic E-state index is 0.0161. The summed E-state index contributed by atoms with van der Waals surface area (Å²) in [5, 5.41) is 8.83. The van der Waals surface area contributed by atoms with E-state index in [1.807, 2.05) is 0 Å². The van der Waals surface area contributed by atoms with Crippen LogP contribution >= 0.6 is 11.8 Å². The molecule has 3 rings (SSSR count). The van der Waals surface area contributed by atoms with Crippen LogP contribution in [0.1, 0.15) is 15.9 Å². The first-order valence-electron chi connectivity index (χ1n) is 7.59. The fraction of sp³-hybridized carbons (Fsp3) is 0.0556. The van der Waals surface area contributed by atoms with Crippen LogP contribution in [0.3, 0.4) is 0 Å². The van der Waals surface area contributed by atoms with Gasteiger partial charge >= 0.3 is 5.97 Å². The summed E-state index contributed by atoms with van der Waals surface area (Å²) in [5.74, 6) is -2.43. The van der Waals surface area contributed by atoms with Gasteiger partial charge in [-0.25, -0.2) is 4.39 Å². The molecule has 0 atom stereocenters. The van der Waals surface area contributed by atoms with Gasteiger partial charge in [0.05, 0.1) is 21.3 Å². The molecule has 1 aliphatic carbocycles. The maximum atomic E-state index is 13.0. The van der Waals surface area contributed by atoms with Crippen molar-refractivity contribution in [2.24, 2.45) is 4.40 Å². The smallest absolute Gasteiger partial charge is 0.313 e. The van der Waals surface area contributed by atoms with Crippen molar-refractivity contribution in [3.8, 4) is 0 Å². The van der Waals surface area contributed by atoms with Crippen molar-refractivity contribution in [2.45, 2.75) is 4.90 Å². The molecule has 27 heavy (non-hydrogen) atoms. The van der Waals surface area contributed by atoms with E-state index in [9.17, 15) is 22.4 Å². The molecule has 0 aromatic heterocycles. The van der Waals surface area contributed by atoms with Gasteiger partial charge in [-0.1, -0.05) is 24.3 Å². The Balaban J connectivity index is 2.10. The van der Waals surface area contributed by atoms with E-state index in [1.165, 1.54) is 12.1 Å². The maximum Gasteiger partial charge on any atom is 0.313 e. The van der Waals surface area contributed by atoms with Gasteiger partial charge in [-0.05, 0) is 30.3 Å². The van der Waals surface area contributed by atoms with Gasteiger partial charge in [-0.3, -0.25) is 9.59 Å². The Kier molecular flexibility index (Phi) is 5.24. The van der Waals surface area contributed by atoms with Crippen LogP contribution in [0, 0.1) is 5.82 Å². The van der Waals surface area contributed by atoms with Crippen molar-refractivity contribution in [1.29, 1.82) is 0 Å². The largest absolute Gasteiger partial charge is 0.481 e. The quantitative estimate of drug-likeness (QED) is 0.821. The van der Waals surface area contributed by atoms with Crippen LogP contribution in [-0.2, 0) is 14.8 Å². The summed E-state index contributed by atoms with van der Waals surface area (Å²) in [4.78, 5) is 23.2. The molecule has 0 saturated heterocycles. The molecule has 1 aliphatic rings. The number of ketones is 1. The van der Waals surface area contributed by atoms with Gasteiger partial charge in [0.25, 0.3) is 10.0 Å². The number of benzene rings is 2. The van der Waals surface area contributed by atoms with E-state index >= 15 is 0 Å². The highest BCUT2D eigenvalue weighted by Crippen LogP contribution is 2.29. The molecular formula is C18H12FNO5S2. The number of carbonyl (C=O) groups is 2. The van der Waals surface area contributed by atoms with E-state index in [0.717, 1.165) is 36.0 Å². The summed E-state index contributed by atoms with van der Waals surface area (Å²) in [7, 11) is -4.15. The number of rotatable bonds is 5. The molecule has 0 saturated carbocycles. The number of hydrogen-bond donors (Lipinski definition) is 1. The van der Waals surface area contributed by atoms with Crippen LogP contribution in [0.4, 0.5) is 4.39 Å². The van der Waals surface area contributed by atoms with E-state index in [2.05, 4.69) is 4.40 Å². The standard InChI is InChI=1S/C18H12FNO5S2/c19-11-5-7-12(8-6-11)27(24,25)20-15-9-16(26-10-17(21)22)18(23)14-4-2-1-3-13(14)15/h1-9H,10H2,(H,21,22). The Morgan fingerprint density at radius 2 is 1.70 bits per heavy atom. The number of sulfonamides is 1. The number of carboxylic acids is 1. The number of aliphatic carboxylic acids is 1. The van der Waals surface area contributed by atoms with E-state index in [1.54, 1.807) is 18.2 Å². The number of fused-ring (bicyclic) bond motifs is 1. The average molecular weight is 405 g/mol. The van der Waals surface area contributed by atoms with Crippen molar-refractivity contribution in [1.82, 2.24) is 0 Å². The first kappa shape index (κ1) is 19.0. The van der Waals surface area contributed by atoms with Gasteiger partial charge in [0, 0.05) is 11.1 Å². The number of thioether (sulfide) groups is 1. The third-order valence-electron chi connectivity index (χ3n) is 3.62. The maximum absolute atomic E-state index is 13.0. The Morgan fingerprint density at radius 3 is 2.33 bits per heavy atom. The molecule has 0 radical (unpaired) electrons. The number of Topliss-reactive ketones (excluding diaryl/α,β-unsaturated/α-hetero) is 1. The second kappa shape index (κ2) is 7.45. The Labute approximate surface area is 158 Å². The van der Waals surface area contributed by atoms with E-state index in [-0.39, 0.29) is 26.8 Å². The van der Waals surface area contributed by atoms with E-state index < -0.39 is 27.6 Å². The molecule has 0 fully saturated rings. The summed E-state index contributed by atoms with van der Waals surface area (Å²) in [5.41, 5.74) is 0.580. The zero-order valence-corrected chi connectivity index (χ0v) is 15.3. The van der Waals surface area contributed by atoms with E-state index in [4.69, 9.17) is 5.11 Å². The van der Waals surface area contributed by atoms with Crippen LogP contribution in [0.5, 0.6) is 0 Å². The lowest BCUT2D eigenvalue weighted by atomic mass is 9.94. The highest BCUT2D eigenvalue weighted by atomic mass is 32.2. The van der Waals surface area contributed by atoms with Gasteiger partial charge in [0.2, 0.25) is 0 Å². The highest BCUT2D eigenvalue weighted by Gasteiger charge is 2.26. The second-order valence-corrected chi connectivity index (χ2v) is 8.09. The minimum atomic E-state index is -4.15. The number of nitrogens with zero attached hydrogens (tertiary/aromatic N) is 1. The normalized spacial score (nSPS) is 15.4. The number of hydrogen-bond acceptors (Lipinski definition) is 5. The molecule has 6 nitrogen and oxygen atoms in total. The SMILES string of the molecule is O=C(O)CSC1=CC(=NS(=O)(=O)c2ccc(F)cc2)c2ccccc2C1=O. The molecule has 1 N–H and O–H groups in total. The van der Waals surface area contributed by atoms with Crippen molar-refractivity contribution in [3.63, 3.8) is 0 Å². The topological polar surface area (TPSA) is 101 Å². The summed E-state index contributed by atoms with van der Waals surface area (Å²) >= 11 is 0.791. The molecule has 138 valence electrons. The highest BCUT2D eigenvalue weighted by molar-refractivity contribution is 8.04. The van der Waals surface area contributed by atoms with Crippen LogP contribution < -0.4 is 0 Å². The predicted octanol–water partition coefficient (Wildman–Crippen LogP) is 2.90. The summed E-state index contributed by atoms with van der Waals surface area (Å²) in [6.07, 6.45) is 1.26. The number of allylic oxidation sites excluding steroid dienone is 2. The molecule has 0 heterocycles. The molecule has 0 aliphatic heterocycles. The molecule has 0 unspecified atom stereocenters. The minimum Gasteiger partial charge on any atom is -0.481 e. The lowest BCUT2D eigenvalue weighted by Crippen LogP contribution is -2.18. The van der Waals surface area contributed by atoms with Crippen molar-refractivity contribution < 1.29 is 27.5 Å². The number of carbonyl (C=O) groups excluding carboxylic acids is 1. The molecule has 0 spiro atoms. The van der Waals surface area contributed by atoms with Crippen LogP contribution in [0.15, 0.2) is 68.8 Å². The van der Waals surface area contributed by atoms with Crippen molar-refractivity contribution >= 4 is 39.2 Å². The lowest BCUT2D eigenvalue weighted by Gasteiger charge is -2.16. The number of carboxylic acid groups (broad SMARTS) is 1. The zero-order valence-electron chi connectivity index (χ0n) is 13.6. The molecular weight excluding hydrogens is 393 g/mol. The Bertz CT molecular complexity index is 1090. The lowest BCUT2D eigenvalue weighted by molar-refractivity contribution is -0.133. The summed E-state index contributed by atoms with van der Waals surface area (Å²) < 4.78 is 41.9. The first-order chi connectivity index (χ1) is 12.8. The van der Waals surface area contributed by atoms with Gasteiger partial charge in [-0.2, -0.15) is 12.8 Å². The van der Waals surface area contributed by atoms with Gasteiger partial charge in [-0.15, -0.1) is 11.8 Å². The Hall–Kier alpha value is -2.78. The molecule has 9 heteroatoms. The molecule has 2 aromatic rings. The van der Waals surface area contributed by atoms with Crippen LogP contribution in [0.25, 0.3) is 0 Å². The van der Waals surface area contributed by atoms with Gasteiger partial charge in [0.15, 0.2) is 5.78 Å².